The van der Waals surface area contributed by atoms with Crippen LogP contribution in [0.15, 0.2) is 28.8 Å². The van der Waals surface area contributed by atoms with Crippen LogP contribution in [-0.2, 0) is 12.0 Å². The molecular formula is C15H21N3O2. The first-order chi connectivity index (χ1) is 9.61. The molecule has 0 unspecified atom stereocenters. The van der Waals surface area contributed by atoms with Gasteiger partial charge in [0.05, 0.1) is 12.6 Å². The molecule has 2 N–H and O–H groups in total. The number of nitrogens with zero attached hydrogens (tertiary/aromatic N) is 2. The van der Waals surface area contributed by atoms with E-state index >= 15 is 0 Å². The monoisotopic (exact) mass is 275 g/mol. The van der Waals surface area contributed by atoms with Gasteiger partial charge in [0.15, 0.2) is 5.82 Å². The molecule has 5 nitrogen and oxygen atoms in total. The first kappa shape index (κ1) is 14.5. The molecule has 0 saturated heterocycles. The molecular weight excluding hydrogens is 254 g/mol. The Morgan fingerprint density at radius 3 is 2.40 bits per heavy atom. The third-order valence-corrected chi connectivity index (χ3v) is 3.68. The minimum Gasteiger partial charge on any atom is -0.497 e. The predicted molar refractivity (Wildman–Crippen MR) is 76.5 cm³/mol. The van der Waals surface area contributed by atoms with Gasteiger partial charge >= 0.3 is 0 Å². The predicted octanol–water partition coefficient (Wildman–Crippen LogP) is 2.64. The van der Waals surface area contributed by atoms with Crippen molar-refractivity contribution < 1.29 is 9.26 Å². The summed E-state index contributed by atoms with van der Waals surface area (Å²) >= 11 is 0. The second-order valence-corrected chi connectivity index (χ2v) is 4.90. The van der Waals surface area contributed by atoms with Gasteiger partial charge in [-0.25, -0.2) is 0 Å². The van der Waals surface area contributed by atoms with Gasteiger partial charge in [-0.3, -0.25) is 0 Å². The number of nitrogens with two attached hydrogens (primary N) is 1. The third kappa shape index (κ3) is 2.99. The number of aromatic nitrogens is 2. The average molecular weight is 275 g/mol. The molecule has 0 fully saturated rings. The van der Waals surface area contributed by atoms with E-state index < -0.39 is 5.54 Å². The molecule has 0 radical (unpaired) electrons. The van der Waals surface area contributed by atoms with Crippen LogP contribution in [0.2, 0.25) is 0 Å². The van der Waals surface area contributed by atoms with E-state index in [-0.39, 0.29) is 0 Å². The van der Waals surface area contributed by atoms with Gasteiger partial charge in [0, 0.05) is 6.42 Å². The lowest BCUT2D eigenvalue weighted by Crippen LogP contribution is -2.35. The fraction of sp³-hybridized carbons (Fsp3) is 0.467. The zero-order chi connectivity index (χ0) is 14.6. The van der Waals surface area contributed by atoms with E-state index in [1.807, 2.05) is 38.1 Å². The minimum absolute atomic E-state index is 0.519. The molecule has 2 aromatic rings. The van der Waals surface area contributed by atoms with Gasteiger partial charge in [-0.1, -0.05) is 31.1 Å². The highest BCUT2D eigenvalue weighted by Crippen LogP contribution is 2.24. The number of ether oxygens (including phenoxy) is 1. The van der Waals surface area contributed by atoms with E-state index in [9.17, 15) is 0 Å². The topological polar surface area (TPSA) is 74.2 Å². The zero-order valence-corrected chi connectivity index (χ0v) is 12.2. The van der Waals surface area contributed by atoms with Crippen LogP contribution < -0.4 is 10.5 Å². The van der Waals surface area contributed by atoms with E-state index in [1.54, 1.807) is 7.11 Å². The Kier molecular flexibility index (Phi) is 4.39. The van der Waals surface area contributed by atoms with Crippen LogP contribution in [0, 0.1) is 0 Å². The maximum absolute atomic E-state index is 6.25. The molecule has 20 heavy (non-hydrogen) atoms. The molecule has 1 aromatic carbocycles. The maximum Gasteiger partial charge on any atom is 0.246 e. The highest BCUT2D eigenvalue weighted by atomic mass is 16.5. The smallest absolute Gasteiger partial charge is 0.246 e. The molecule has 0 amide bonds. The van der Waals surface area contributed by atoms with Crippen molar-refractivity contribution in [3.8, 4) is 5.75 Å². The first-order valence-electron chi connectivity index (χ1n) is 6.86. The van der Waals surface area contributed by atoms with E-state index in [0.717, 1.165) is 24.2 Å². The Hall–Kier alpha value is -1.88. The Balaban J connectivity index is 2.12. The standard InChI is InChI=1S/C15H21N3O2/c1-4-15(16,5-2)14-17-13(18-20-14)10-11-6-8-12(19-3)9-7-11/h6-9H,4-5,10,16H2,1-3H3. The van der Waals surface area contributed by atoms with Gasteiger partial charge in [0.2, 0.25) is 5.89 Å². The Labute approximate surface area is 119 Å². The number of rotatable bonds is 6. The van der Waals surface area contributed by atoms with E-state index in [1.165, 1.54) is 0 Å². The van der Waals surface area contributed by atoms with Gasteiger partial charge < -0.3 is 15.0 Å². The fourth-order valence-corrected chi connectivity index (χ4v) is 2.01. The third-order valence-electron chi connectivity index (χ3n) is 3.68. The van der Waals surface area contributed by atoms with Crippen LogP contribution >= 0.6 is 0 Å². The van der Waals surface area contributed by atoms with Crippen LogP contribution in [0.25, 0.3) is 0 Å². The van der Waals surface area contributed by atoms with Crippen molar-refractivity contribution in [1.29, 1.82) is 0 Å². The molecule has 0 aliphatic heterocycles. The highest BCUT2D eigenvalue weighted by molar-refractivity contribution is 5.28. The normalized spacial score (nSPS) is 11.6. The summed E-state index contributed by atoms with van der Waals surface area (Å²) < 4.78 is 10.4. The summed E-state index contributed by atoms with van der Waals surface area (Å²) in [4.78, 5) is 4.43. The van der Waals surface area contributed by atoms with Crippen molar-refractivity contribution >= 4 is 0 Å². The molecule has 0 bridgehead atoms. The van der Waals surface area contributed by atoms with E-state index in [2.05, 4.69) is 10.1 Å². The van der Waals surface area contributed by atoms with Gasteiger partial charge in [0.1, 0.15) is 5.75 Å². The van der Waals surface area contributed by atoms with Crippen molar-refractivity contribution in [2.75, 3.05) is 7.11 Å². The van der Waals surface area contributed by atoms with Gasteiger partial charge in [0.25, 0.3) is 0 Å². The van der Waals surface area contributed by atoms with E-state index in [4.69, 9.17) is 15.0 Å². The van der Waals surface area contributed by atoms with Gasteiger partial charge in [-0.15, -0.1) is 0 Å². The average Bonchev–Trinajstić information content (AvgIpc) is 2.96. The summed E-state index contributed by atoms with van der Waals surface area (Å²) in [5.41, 5.74) is 6.83. The molecule has 1 aromatic heterocycles. The minimum atomic E-state index is -0.523. The summed E-state index contributed by atoms with van der Waals surface area (Å²) in [6, 6.07) is 7.82. The highest BCUT2D eigenvalue weighted by Gasteiger charge is 2.29. The first-order valence-corrected chi connectivity index (χ1v) is 6.86. The van der Waals surface area contributed by atoms with Gasteiger partial charge in [-0.2, -0.15) is 4.98 Å². The molecule has 0 saturated carbocycles. The van der Waals surface area contributed by atoms with E-state index in [0.29, 0.717) is 18.1 Å². The number of methoxy groups -OCH3 is 1. The van der Waals surface area contributed by atoms with Crippen molar-refractivity contribution in [3.05, 3.63) is 41.5 Å². The number of benzene rings is 1. The van der Waals surface area contributed by atoms with Crippen LogP contribution in [-0.4, -0.2) is 17.3 Å². The van der Waals surface area contributed by atoms with Crippen molar-refractivity contribution in [1.82, 2.24) is 10.1 Å². The summed E-state index contributed by atoms with van der Waals surface area (Å²) in [5, 5.41) is 4.02. The van der Waals surface area contributed by atoms with Crippen LogP contribution in [0.3, 0.4) is 0 Å². The van der Waals surface area contributed by atoms with Crippen molar-refractivity contribution in [2.45, 2.75) is 38.6 Å². The molecule has 0 aliphatic rings. The fourth-order valence-electron chi connectivity index (χ4n) is 2.01. The number of hydrogen-bond donors (Lipinski definition) is 1. The second-order valence-electron chi connectivity index (χ2n) is 4.90. The second kappa shape index (κ2) is 6.05. The molecule has 108 valence electrons. The lowest BCUT2D eigenvalue weighted by molar-refractivity contribution is 0.267. The quantitative estimate of drug-likeness (QED) is 0.877. The van der Waals surface area contributed by atoms with Crippen LogP contribution in [0.5, 0.6) is 5.75 Å². The largest absolute Gasteiger partial charge is 0.497 e. The van der Waals surface area contributed by atoms with Crippen molar-refractivity contribution in [3.63, 3.8) is 0 Å². The Morgan fingerprint density at radius 1 is 1.20 bits per heavy atom. The van der Waals surface area contributed by atoms with Crippen LogP contribution in [0.1, 0.15) is 44.0 Å². The molecule has 0 atom stereocenters. The molecule has 5 heteroatoms. The summed E-state index contributed by atoms with van der Waals surface area (Å²) in [6.07, 6.45) is 2.17. The summed E-state index contributed by atoms with van der Waals surface area (Å²) in [7, 11) is 1.65. The number of hydrogen-bond acceptors (Lipinski definition) is 5. The lowest BCUT2D eigenvalue weighted by Gasteiger charge is -2.20. The molecule has 0 spiro atoms. The molecule has 0 aliphatic carbocycles. The molecule has 2 rings (SSSR count). The van der Waals surface area contributed by atoms with Crippen LogP contribution in [0.4, 0.5) is 0 Å². The zero-order valence-electron chi connectivity index (χ0n) is 12.2. The Morgan fingerprint density at radius 2 is 1.85 bits per heavy atom. The maximum atomic E-state index is 6.25. The molecule has 1 heterocycles. The summed E-state index contributed by atoms with van der Waals surface area (Å²) in [5.74, 6) is 2.01. The van der Waals surface area contributed by atoms with Crippen molar-refractivity contribution in [2.24, 2.45) is 5.73 Å². The summed E-state index contributed by atoms with van der Waals surface area (Å²) in [6.45, 7) is 4.05. The Bertz CT molecular complexity index is 545. The SMILES string of the molecule is CCC(N)(CC)c1nc(Cc2ccc(OC)cc2)no1. The lowest BCUT2D eigenvalue weighted by atomic mass is 9.94. The van der Waals surface area contributed by atoms with Gasteiger partial charge in [-0.05, 0) is 30.5 Å².